The summed E-state index contributed by atoms with van der Waals surface area (Å²) in [7, 11) is 0. The van der Waals surface area contributed by atoms with Crippen LogP contribution in [0.25, 0.3) is 0 Å². The second kappa shape index (κ2) is 10.1. The van der Waals surface area contributed by atoms with Crippen molar-refractivity contribution in [3.05, 3.63) is 89.1 Å². The second-order valence-corrected chi connectivity index (χ2v) is 8.87. The predicted octanol–water partition coefficient (Wildman–Crippen LogP) is 4.59. The quantitative estimate of drug-likeness (QED) is 0.526. The molecule has 0 spiro atoms. The van der Waals surface area contributed by atoms with E-state index < -0.39 is 0 Å². The van der Waals surface area contributed by atoms with Crippen molar-refractivity contribution >= 4 is 17.9 Å². The Morgan fingerprint density at radius 1 is 1.03 bits per heavy atom. The van der Waals surface area contributed by atoms with Gasteiger partial charge in [0.05, 0.1) is 6.61 Å². The minimum Gasteiger partial charge on any atom is -0.328 e. The Labute approximate surface area is 194 Å². The molecule has 2 aliphatic rings. The molecule has 1 unspecified atom stereocenters. The number of fused-ring (bicyclic) bond motifs is 1. The molecule has 3 aromatic rings. The second-order valence-electron chi connectivity index (χ2n) is 8.87. The average Bonchev–Trinajstić information content (AvgIpc) is 3.28. The number of benzene rings is 2. The van der Waals surface area contributed by atoms with Crippen LogP contribution in [0.4, 0.5) is 5.82 Å². The number of amides is 1. The molecule has 1 amide bonds. The van der Waals surface area contributed by atoms with Crippen LogP contribution in [0.15, 0.2) is 71.9 Å². The van der Waals surface area contributed by atoms with Gasteiger partial charge >= 0.3 is 0 Å². The lowest BCUT2D eigenvalue weighted by molar-refractivity contribution is 0.0233. The zero-order valence-electron chi connectivity index (χ0n) is 18.7. The number of nitrogens with zero attached hydrogens (tertiary/aromatic N) is 2. The fourth-order valence-electron chi connectivity index (χ4n) is 4.90. The first-order valence-electron chi connectivity index (χ1n) is 11.8. The summed E-state index contributed by atoms with van der Waals surface area (Å²) in [6.07, 6.45) is 7.76. The largest absolute Gasteiger partial charge is 0.328 e. The number of aliphatic imine (C=N–C) groups is 1. The van der Waals surface area contributed by atoms with Gasteiger partial charge in [0.25, 0.3) is 5.91 Å². The number of aromatic nitrogens is 1. The van der Waals surface area contributed by atoms with Crippen molar-refractivity contribution in [2.45, 2.75) is 38.3 Å². The minimum atomic E-state index is -0.245. The first-order valence-corrected chi connectivity index (χ1v) is 11.8. The molecular formula is C27H30N4O2. The molecule has 0 aliphatic carbocycles. The van der Waals surface area contributed by atoms with Gasteiger partial charge in [-0.3, -0.25) is 9.63 Å². The Morgan fingerprint density at radius 3 is 2.61 bits per heavy atom. The normalized spacial score (nSPS) is 18.1. The molecule has 2 aliphatic heterocycles. The molecule has 170 valence electrons. The number of nitrogens with one attached hydrogen (secondary N) is 2. The van der Waals surface area contributed by atoms with Crippen LogP contribution in [0.3, 0.4) is 0 Å². The van der Waals surface area contributed by atoms with Gasteiger partial charge in [-0.1, -0.05) is 42.5 Å². The van der Waals surface area contributed by atoms with Crippen LogP contribution in [-0.4, -0.2) is 29.8 Å². The number of piperidine rings is 1. The van der Waals surface area contributed by atoms with Crippen LogP contribution < -0.4 is 10.8 Å². The molecule has 6 nitrogen and oxygen atoms in total. The highest BCUT2D eigenvalue weighted by atomic mass is 16.6. The number of hydrogen-bond acceptors (Lipinski definition) is 4. The highest BCUT2D eigenvalue weighted by Crippen LogP contribution is 2.41. The van der Waals surface area contributed by atoms with Crippen LogP contribution in [0.1, 0.15) is 52.2 Å². The molecule has 3 heterocycles. The van der Waals surface area contributed by atoms with E-state index >= 15 is 0 Å². The minimum absolute atomic E-state index is 0.245. The summed E-state index contributed by atoms with van der Waals surface area (Å²) in [5.41, 5.74) is 6.62. The molecule has 1 fully saturated rings. The molecule has 1 aromatic heterocycles. The SMILES string of the molecule is O=C(NOCc1ccccc1)c1ccc(Cn2ccc3c2N=CCC3C2CCNCC2)cc1. The van der Waals surface area contributed by atoms with Crippen molar-refractivity contribution in [1.82, 2.24) is 15.4 Å². The Hall–Kier alpha value is -3.22. The van der Waals surface area contributed by atoms with E-state index in [0.29, 0.717) is 18.1 Å². The van der Waals surface area contributed by atoms with Crippen molar-refractivity contribution < 1.29 is 9.63 Å². The lowest BCUT2D eigenvalue weighted by atomic mass is 9.78. The van der Waals surface area contributed by atoms with E-state index in [1.807, 2.05) is 54.6 Å². The fraction of sp³-hybridized carbons (Fsp3) is 0.333. The van der Waals surface area contributed by atoms with Gasteiger partial charge in [-0.15, -0.1) is 0 Å². The maximum absolute atomic E-state index is 12.4. The average molecular weight is 443 g/mol. The zero-order valence-corrected chi connectivity index (χ0v) is 18.7. The summed E-state index contributed by atoms with van der Waals surface area (Å²) in [6, 6.07) is 19.7. The van der Waals surface area contributed by atoms with Gasteiger partial charge in [0.2, 0.25) is 0 Å². The molecule has 0 bridgehead atoms. The lowest BCUT2D eigenvalue weighted by Crippen LogP contribution is -2.31. The number of rotatable bonds is 7. The summed E-state index contributed by atoms with van der Waals surface area (Å²) in [6.45, 7) is 3.30. The van der Waals surface area contributed by atoms with E-state index in [2.05, 4.69) is 33.8 Å². The highest BCUT2D eigenvalue weighted by Gasteiger charge is 2.29. The molecule has 0 radical (unpaired) electrons. The van der Waals surface area contributed by atoms with Crippen LogP contribution in [-0.2, 0) is 18.0 Å². The molecular weight excluding hydrogens is 412 g/mol. The van der Waals surface area contributed by atoms with Crippen LogP contribution >= 0.6 is 0 Å². The number of hydrogen-bond donors (Lipinski definition) is 2. The summed E-state index contributed by atoms with van der Waals surface area (Å²) in [5, 5.41) is 3.47. The Kier molecular flexibility index (Phi) is 6.65. The molecule has 0 saturated carbocycles. The third-order valence-corrected chi connectivity index (χ3v) is 6.71. The van der Waals surface area contributed by atoms with Gasteiger partial charge in [0, 0.05) is 30.1 Å². The lowest BCUT2D eigenvalue weighted by Gasteiger charge is -2.31. The van der Waals surface area contributed by atoms with Crippen LogP contribution in [0.2, 0.25) is 0 Å². The van der Waals surface area contributed by atoms with Crippen LogP contribution in [0, 0.1) is 5.92 Å². The first kappa shape index (κ1) is 21.6. The zero-order chi connectivity index (χ0) is 22.5. The fourth-order valence-corrected chi connectivity index (χ4v) is 4.90. The summed E-state index contributed by atoms with van der Waals surface area (Å²) in [5.74, 6) is 2.14. The Bertz CT molecular complexity index is 1100. The van der Waals surface area contributed by atoms with E-state index in [-0.39, 0.29) is 5.91 Å². The monoisotopic (exact) mass is 442 g/mol. The Morgan fingerprint density at radius 2 is 1.82 bits per heavy atom. The summed E-state index contributed by atoms with van der Waals surface area (Å²) < 4.78 is 2.22. The van der Waals surface area contributed by atoms with Crippen molar-refractivity contribution in [2.75, 3.05) is 13.1 Å². The van der Waals surface area contributed by atoms with Crippen molar-refractivity contribution in [2.24, 2.45) is 10.9 Å². The van der Waals surface area contributed by atoms with E-state index in [9.17, 15) is 4.79 Å². The topological polar surface area (TPSA) is 67.6 Å². The predicted molar refractivity (Wildman–Crippen MR) is 130 cm³/mol. The third-order valence-electron chi connectivity index (χ3n) is 6.71. The maximum Gasteiger partial charge on any atom is 0.274 e. The number of carbonyl (C=O) groups is 1. The smallest absolute Gasteiger partial charge is 0.274 e. The highest BCUT2D eigenvalue weighted by molar-refractivity contribution is 5.93. The molecule has 5 rings (SSSR count). The van der Waals surface area contributed by atoms with Crippen LogP contribution in [0.5, 0.6) is 0 Å². The summed E-state index contributed by atoms with van der Waals surface area (Å²) in [4.78, 5) is 22.5. The Balaban J connectivity index is 1.20. The maximum atomic E-state index is 12.4. The van der Waals surface area contributed by atoms with Gasteiger partial charge in [0.15, 0.2) is 0 Å². The standard InChI is InChI=1S/C27H30N4O2/c32-27(30-33-19-21-4-2-1-3-5-21)23-8-6-20(7-9-23)18-31-17-13-25-24(12-16-29-26(25)31)22-10-14-28-15-11-22/h1-9,13,16-17,22,24,28H,10-12,14-15,18-19H2,(H,30,32). The van der Waals surface area contributed by atoms with E-state index in [1.54, 1.807) is 0 Å². The molecule has 33 heavy (non-hydrogen) atoms. The molecule has 6 heteroatoms. The first-order chi connectivity index (χ1) is 16.3. The van der Waals surface area contributed by atoms with Gasteiger partial charge in [-0.2, -0.15) is 0 Å². The number of hydroxylamine groups is 1. The van der Waals surface area contributed by atoms with E-state index in [4.69, 9.17) is 9.83 Å². The van der Waals surface area contributed by atoms with Gasteiger partial charge in [-0.25, -0.2) is 10.5 Å². The third kappa shape index (κ3) is 5.07. The van der Waals surface area contributed by atoms with Crippen molar-refractivity contribution in [3.63, 3.8) is 0 Å². The van der Waals surface area contributed by atoms with Gasteiger partial charge in [0.1, 0.15) is 5.82 Å². The molecule has 2 N–H and O–H groups in total. The molecule has 1 saturated heterocycles. The van der Waals surface area contributed by atoms with Crippen molar-refractivity contribution in [3.8, 4) is 0 Å². The van der Waals surface area contributed by atoms with E-state index in [0.717, 1.165) is 48.9 Å². The number of carbonyl (C=O) groups excluding carboxylic acids is 1. The van der Waals surface area contributed by atoms with Crippen molar-refractivity contribution in [1.29, 1.82) is 0 Å². The summed E-state index contributed by atoms with van der Waals surface area (Å²) >= 11 is 0. The van der Waals surface area contributed by atoms with Gasteiger partial charge in [-0.05, 0) is 73.5 Å². The van der Waals surface area contributed by atoms with E-state index in [1.165, 1.54) is 18.4 Å². The molecule has 2 aromatic carbocycles. The molecule has 1 atom stereocenters. The van der Waals surface area contributed by atoms with Gasteiger partial charge < -0.3 is 9.88 Å².